The summed E-state index contributed by atoms with van der Waals surface area (Å²) in [5.74, 6) is -0.205. The number of imide groups is 2. The smallest absolute Gasteiger partial charge is 0.232 e. The van der Waals surface area contributed by atoms with Crippen molar-refractivity contribution in [3.8, 4) is 0 Å². The molecule has 3 N–H and O–H groups in total. The highest BCUT2D eigenvalue weighted by Gasteiger charge is 2.38. The van der Waals surface area contributed by atoms with E-state index in [1.807, 2.05) is 0 Å². The highest BCUT2D eigenvalue weighted by atomic mass is 16.2. The maximum Gasteiger partial charge on any atom is 0.232 e. The van der Waals surface area contributed by atoms with E-state index in [0.717, 1.165) is 51.9 Å². The summed E-state index contributed by atoms with van der Waals surface area (Å²) < 4.78 is 0. The van der Waals surface area contributed by atoms with E-state index in [4.69, 9.17) is 0 Å². The Bertz CT molecular complexity index is 1220. The van der Waals surface area contributed by atoms with Crippen LogP contribution in [0.1, 0.15) is 296 Å². The van der Waals surface area contributed by atoms with Gasteiger partial charge < -0.3 is 16.0 Å². The summed E-state index contributed by atoms with van der Waals surface area (Å²) in [5, 5.41) is 10.1. The van der Waals surface area contributed by atoms with Gasteiger partial charge in [-0.15, -0.1) is 0 Å². The molecule has 2 fully saturated rings. The van der Waals surface area contributed by atoms with E-state index in [2.05, 4.69) is 29.8 Å². The predicted octanol–water partition coefficient (Wildman–Crippen LogP) is 14.9. The number of carbonyl (C=O) groups excluding carboxylic acids is 4. The minimum atomic E-state index is -0.122. The first-order valence-electron chi connectivity index (χ1n) is 30.8. The Hall–Kier alpha value is -1.84. The standard InChI is InChI=1S/C60H115N5O4/c1-3-5-7-9-11-13-15-17-19-21-23-24-25-26-28-30-32-34-36-38-40-42-44-56-54-58(67)65(60(56)69)52-50-63-48-46-61-45-47-62-49-51-64-57(66)53-55(59(64)68)43-41-39-37-35-33-31-29-27-22-20-18-16-14-12-10-8-6-4-2/h55-56,61-63H,3-54H2,1-2H3. The van der Waals surface area contributed by atoms with Crippen LogP contribution in [-0.4, -0.2) is 85.8 Å². The molecule has 0 spiro atoms. The van der Waals surface area contributed by atoms with Crippen LogP contribution in [0.2, 0.25) is 0 Å². The van der Waals surface area contributed by atoms with Gasteiger partial charge in [0.25, 0.3) is 0 Å². The molecule has 0 bridgehead atoms. The van der Waals surface area contributed by atoms with Gasteiger partial charge in [-0.05, 0) is 12.8 Å². The molecule has 0 aromatic rings. The van der Waals surface area contributed by atoms with Crippen molar-refractivity contribution in [3.63, 3.8) is 0 Å². The Morgan fingerprint density at radius 3 is 0.739 bits per heavy atom. The van der Waals surface area contributed by atoms with Gasteiger partial charge in [0.1, 0.15) is 0 Å². The zero-order valence-corrected chi connectivity index (χ0v) is 46.0. The lowest BCUT2D eigenvalue weighted by molar-refractivity contribution is -0.140. The van der Waals surface area contributed by atoms with Crippen molar-refractivity contribution in [1.82, 2.24) is 25.8 Å². The summed E-state index contributed by atoms with van der Waals surface area (Å²) in [5.41, 5.74) is 0. The van der Waals surface area contributed by atoms with Crippen LogP contribution in [0.5, 0.6) is 0 Å². The molecule has 2 aliphatic heterocycles. The number of hydrogen-bond donors (Lipinski definition) is 3. The molecule has 0 saturated carbocycles. The monoisotopic (exact) mass is 970 g/mol. The van der Waals surface area contributed by atoms with Crippen LogP contribution in [-0.2, 0) is 19.2 Å². The molecule has 4 amide bonds. The average molecular weight is 971 g/mol. The predicted molar refractivity (Wildman–Crippen MR) is 294 cm³/mol. The number of unbranched alkanes of at least 4 members (excludes halogenated alkanes) is 38. The Balaban J connectivity index is 1.30. The van der Waals surface area contributed by atoms with Gasteiger partial charge in [-0.1, -0.05) is 271 Å². The number of rotatable bonds is 54. The van der Waals surface area contributed by atoms with Gasteiger partial charge in [-0.3, -0.25) is 29.0 Å². The van der Waals surface area contributed by atoms with Crippen molar-refractivity contribution in [3.05, 3.63) is 0 Å². The second kappa shape index (κ2) is 47.2. The summed E-state index contributed by atoms with van der Waals surface area (Å²) in [6, 6.07) is 0. The Morgan fingerprint density at radius 1 is 0.304 bits per heavy atom. The fourth-order valence-corrected chi connectivity index (χ4v) is 10.8. The molecule has 2 rings (SSSR count). The average Bonchev–Trinajstić information content (AvgIpc) is 3.78. The molecule has 2 unspecified atom stereocenters. The second-order valence-electron chi connectivity index (χ2n) is 21.8. The quantitative estimate of drug-likeness (QED) is 0.0411. The Kier molecular flexibility index (Phi) is 43.3. The number of nitrogens with one attached hydrogen (secondary N) is 3. The fraction of sp³-hybridized carbons (Fsp3) is 0.933. The van der Waals surface area contributed by atoms with Gasteiger partial charge >= 0.3 is 0 Å². The van der Waals surface area contributed by atoms with E-state index in [0.29, 0.717) is 39.0 Å². The molecule has 2 aliphatic rings. The molecule has 2 atom stereocenters. The topological polar surface area (TPSA) is 111 Å². The van der Waals surface area contributed by atoms with Crippen molar-refractivity contribution in [2.24, 2.45) is 11.8 Å². The molecule has 0 aromatic carbocycles. The number of likely N-dealkylation sites (tertiary alicyclic amines) is 2. The van der Waals surface area contributed by atoms with Gasteiger partial charge in [0, 0.05) is 77.0 Å². The first-order valence-corrected chi connectivity index (χ1v) is 30.8. The van der Waals surface area contributed by atoms with Crippen molar-refractivity contribution in [1.29, 1.82) is 0 Å². The SMILES string of the molecule is CCCCCCCCCCCCCCCCCCCCCCCCC1CC(=O)N(CCNCCNCCNCCN2C(=O)CC(CCCCCCCCCCCCCCCCCCCC)C2=O)C1=O. The van der Waals surface area contributed by atoms with E-state index >= 15 is 0 Å². The molecule has 9 heteroatoms. The molecule has 2 saturated heterocycles. The number of hydrogen-bond acceptors (Lipinski definition) is 7. The molecule has 0 radical (unpaired) electrons. The van der Waals surface area contributed by atoms with Gasteiger partial charge in [0.05, 0.1) is 0 Å². The summed E-state index contributed by atoms with van der Waals surface area (Å²) in [7, 11) is 0. The number of nitrogens with zero attached hydrogens (tertiary/aromatic N) is 2. The van der Waals surface area contributed by atoms with Crippen LogP contribution in [0.25, 0.3) is 0 Å². The van der Waals surface area contributed by atoms with E-state index in [9.17, 15) is 19.2 Å². The maximum absolute atomic E-state index is 13.0. The summed E-state index contributed by atoms with van der Waals surface area (Å²) in [4.78, 5) is 54.1. The minimum Gasteiger partial charge on any atom is -0.314 e. The van der Waals surface area contributed by atoms with Crippen molar-refractivity contribution >= 4 is 23.6 Å². The van der Waals surface area contributed by atoms with Gasteiger partial charge in [-0.2, -0.15) is 0 Å². The third-order valence-corrected chi connectivity index (χ3v) is 15.5. The lowest BCUT2D eigenvalue weighted by atomic mass is 9.98. The van der Waals surface area contributed by atoms with Crippen LogP contribution >= 0.6 is 0 Å². The third kappa shape index (κ3) is 35.0. The molecule has 69 heavy (non-hydrogen) atoms. The molecule has 9 nitrogen and oxygen atoms in total. The molecule has 2 heterocycles. The Morgan fingerprint density at radius 2 is 0.507 bits per heavy atom. The van der Waals surface area contributed by atoms with Gasteiger partial charge in [0.2, 0.25) is 23.6 Å². The van der Waals surface area contributed by atoms with Crippen molar-refractivity contribution < 1.29 is 19.2 Å². The highest BCUT2D eigenvalue weighted by Crippen LogP contribution is 2.27. The molecular formula is C60H115N5O4. The maximum atomic E-state index is 13.0. The first kappa shape index (κ1) is 63.3. The third-order valence-electron chi connectivity index (χ3n) is 15.5. The highest BCUT2D eigenvalue weighted by molar-refractivity contribution is 6.04. The molecular weight excluding hydrogens is 855 g/mol. The van der Waals surface area contributed by atoms with Crippen LogP contribution in [0.15, 0.2) is 0 Å². The molecule has 0 aliphatic carbocycles. The lowest BCUT2D eigenvalue weighted by Crippen LogP contribution is -2.40. The Labute approximate surface area is 427 Å². The zero-order valence-electron chi connectivity index (χ0n) is 46.0. The second-order valence-corrected chi connectivity index (χ2v) is 21.8. The van der Waals surface area contributed by atoms with Gasteiger partial charge in [0.15, 0.2) is 0 Å². The van der Waals surface area contributed by atoms with Gasteiger partial charge in [-0.25, -0.2) is 0 Å². The zero-order chi connectivity index (χ0) is 49.5. The number of carbonyl (C=O) groups is 4. The molecule has 404 valence electrons. The molecule has 0 aromatic heterocycles. The summed E-state index contributed by atoms with van der Waals surface area (Å²) >= 11 is 0. The van der Waals surface area contributed by atoms with E-state index in [-0.39, 0.29) is 35.5 Å². The van der Waals surface area contributed by atoms with E-state index < -0.39 is 0 Å². The van der Waals surface area contributed by atoms with E-state index in [1.165, 1.54) is 254 Å². The summed E-state index contributed by atoms with van der Waals surface area (Å²) in [6.45, 7) is 9.80. The largest absolute Gasteiger partial charge is 0.314 e. The van der Waals surface area contributed by atoms with Crippen molar-refractivity contribution in [2.45, 2.75) is 296 Å². The lowest BCUT2D eigenvalue weighted by Gasteiger charge is -2.16. The summed E-state index contributed by atoms with van der Waals surface area (Å²) in [6.07, 6.45) is 57.0. The number of amides is 4. The van der Waals surface area contributed by atoms with Crippen LogP contribution < -0.4 is 16.0 Å². The van der Waals surface area contributed by atoms with Crippen molar-refractivity contribution in [2.75, 3.05) is 52.4 Å². The van der Waals surface area contributed by atoms with E-state index in [1.54, 1.807) is 0 Å². The fourth-order valence-electron chi connectivity index (χ4n) is 10.8. The first-order chi connectivity index (χ1) is 34.0. The normalized spacial score (nSPS) is 16.4. The van der Waals surface area contributed by atoms with Crippen LogP contribution in [0.3, 0.4) is 0 Å². The minimum absolute atomic E-state index is 0.0107. The van der Waals surface area contributed by atoms with Crippen LogP contribution in [0, 0.1) is 11.8 Å². The van der Waals surface area contributed by atoms with Crippen LogP contribution in [0.4, 0.5) is 0 Å².